The van der Waals surface area contributed by atoms with E-state index < -0.39 is 28.9 Å². The van der Waals surface area contributed by atoms with E-state index in [4.69, 9.17) is 15.9 Å². The lowest BCUT2D eigenvalue weighted by Gasteiger charge is -2.08. The fourth-order valence-corrected chi connectivity index (χ4v) is 2.24. The van der Waals surface area contributed by atoms with E-state index in [1.165, 1.54) is 7.11 Å². The highest BCUT2D eigenvalue weighted by Crippen LogP contribution is 2.13. The summed E-state index contributed by atoms with van der Waals surface area (Å²) in [7, 11) is 1.26. The van der Waals surface area contributed by atoms with Crippen LogP contribution in [0.25, 0.3) is 0 Å². The number of carbonyl (C=O) groups excluding carboxylic acids is 1. The van der Waals surface area contributed by atoms with Gasteiger partial charge in [0.25, 0.3) is 5.56 Å². The molecule has 27 heavy (non-hydrogen) atoms. The molecule has 0 aliphatic rings. The number of aromatic carboxylic acids is 1. The number of methoxy groups -OCH3 is 1. The van der Waals surface area contributed by atoms with Gasteiger partial charge in [-0.3, -0.25) is 9.78 Å². The van der Waals surface area contributed by atoms with Crippen LogP contribution in [0.5, 0.6) is 0 Å². The van der Waals surface area contributed by atoms with Crippen LogP contribution in [0.4, 0.5) is 0 Å². The largest absolute Gasteiger partial charge is 0.477 e. The molecule has 2 rings (SSSR count). The van der Waals surface area contributed by atoms with Gasteiger partial charge in [0.2, 0.25) is 0 Å². The van der Waals surface area contributed by atoms with Crippen molar-refractivity contribution in [2.24, 2.45) is 5.73 Å². The molecule has 1 aromatic heterocycles. The highest BCUT2D eigenvalue weighted by molar-refractivity contribution is 5.91. The average Bonchev–Trinajstić information content (AvgIpc) is 2.66. The van der Waals surface area contributed by atoms with Crippen molar-refractivity contribution in [3.8, 4) is 0 Å². The van der Waals surface area contributed by atoms with Crippen LogP contribution in [-0.2, 0) is 17.6 Å². The lowest BCUT2D eigenvalue weighted by Crippen LogP contribution is -2.30. The maximum atomic E-state index is 11.8. The molecule has 2 aromatic rings. The van der Waals surface area contributed by atoms with Crippen LogP contribution in [0.1, 0.15) is 32.0 Å². The summed E-state index contributed by atoms with van der Waals surface area (Å²) in [5, 5.41) is 16.8. The summed E-state index contributed by atoms with van der Waals surface area (Å²) in [6.45, 7) is 0.472. The number of hydrogen-bond acceptors (Lipinski definition) is 7. The summed E-state index contributed by atoms with van der Waals surface area (Å²) in [4.78, 5) is 50.0. The Hall–Kier alpha value is -3.24. The third-order valence-electron chi connectivity index (χ3n) is 3.45. The number of hydrogen-bond donors (Lipinski definition) is 5. The SMILES string of the molecule is COC(=O)c1ccccc1CCc1c(C(=O)O)[nH]c(=O)[nH]c1=O.NCCO. The van der Waals surface area contributed by atoms with Crippen LogP contribution in [0.3, 0.4) is 0 Å². The number of esters is 1. The normalized spacial score (nSPS) is 9.89. The first-order chi connectivity index (χ1) is 12.8. The molecule has 10 nitrogen and oxygen atoms in total. The number of aliphatic hydroxyl groups is 1. The van der Waals surface area contributed by atoms with Gasteiger partial charge in [0.1, 0.15) is 5.69 Å². The van der Waals surface area contributed by atoms with E-state index >= 15 is 0 Å². The molecule has 0 atom stereocenters. The van der Waals surface area contributed by atoms with Gasteiger partial charge in [-0.05, 0) is 24.5 Å². The molecule has 0 saturated heterocycles. The van der Waals surface area contributed by atoms with Crippen LogP contribution in [0.2, 0.25) is 0 Å². The molecule has 1 aromatic carbocycles. The van der Waals surface area contributed by atoms with Gasteiger partial charge in [-0.2, -0.15) is 0 Å². The van der Waals surface area contributed by atoms with Gasteiger partial charge in [0, 0.05) is 12.1 Å². The van der Waals surface area contributed by atoms with Crippen molar-refractivity contribution in [1.82, 2.24) is 9.97 Å². The molecule has 0 aliphatic carbocycles. The van der Waals surface area contributed by atoms with Gasteiger partial charge in [-0.1, -0.05) is 18.2 Å². The molecule has 10 heteroatoms. The van der Waals surface area contributed by atoms with Crippen molar-refractivity contribution < 1.29 is 24.5 Å². The standard InChI is InChI=1S/C15H14N2O6.C2H7NO/c1-23-14(21)9-5-3-2-4-8(9)6-7-10-11(13(19)20)16-15(22)17-12(10)18;3-1-2-4/h2-5H,6-7H2,1H3,(H,19,20)(H2,16,17,18,22);4H,1-3H2. The van der Waals surface area contributed by atoms with Crippen LogP contribution >= 0.6 is 0 Å². The molecular formula is C17H21N3O7. The van der Waals surface area contributed by atoms with Gasteiger partial charge in [-0.25, -0.2) is 14.4 Å². The quantitative estimate of drug-likeness (QED) is 0.408. The smallest absolute Gasteiger partial charge is 0.352 e. The zero-order chi connectivity index (χ0) is 20.4. The summed E-state index contributed by atoms with van der Waals surface area (Å²) < 4.78 is 4.68. The third-order valence-corrected chi connectivity index (χ3v) is 3.45. The van der Waals surface area contributed by atoms with Gasteiger partial charge in [0.05, 0.1) is 19.3 Å². The zero-order valence-corrected chi connectivity index (χ0v) is 14.7. The summed E-state index contributed by atoms with van der Waals surface area (Å²) in [5.41, 5.74) is 3.58. The number of H-pyrrole nitrogens is 2. The number of aryl methyl sites for hydroxylation is 1. The molecule has 0 spiro atoms. The van der Waals surface area contributed by atoms with Gasteiger partial charge < -0.3 is 25.7 Å². The molecule has 0 aliphatic heterocycles. The number of carboxylic acids is 1. The average molecular weight is 379 g/mol. The Labute approximate surface area is 153 Å². The van der Waals surface area contributed by atoms with Crippen molar-refractivity contribution in [3.05, 3.63) is 67.5 Å². The number of rotatable bonds is 6. The summed E-state index contributed by atoms with van der Waals surface area (Å²) in [6.07, 6.45) is 0.280. The second kappa shape index (κ2) is 10.7. The number of nitrogens with two attached hydrogens (primary N) is 1. The number of carbonyl (C=O) groups is 2. The number of aromatic nitrogens is 2. The number of aliphatic hydroxyl groups excluding tert-OH is 1. The molecule has 0 unspecified atom stereocenters. The lowest BCUT2D eigenvalue weighted by molar-refractivity contribution is 0.0598. The highest BCUT2D eigenvalue weighted by atomic mass is 16.5. The van der Waals surface area contributed by atoms with E-state index in [9.17, 15) is 19.2 Å². The van der Waals surface area contributed by atoms with E-state index in [0.29, 0.717) is 17.7 Å². The van der Waals surface area contributed by atoms with Crippen molar-refractivity contribution in [2.45, 2.75) is 12.8 Å². The minimum Gasteiger partial charge on any atom is -0.477 e. The topological polar surface area (TPSA) is 176 Å². The van der Waals surface area contributed by atoms with Crippen LogP contribution in [-0.4, -0.2) is 52.4 Å². The number of benzene rings is 1. The minimum atomic E-state index is -1.40. The Morgan fingerprint density at radius 1 is 1.15 bits per heavy atom. The fraction of sp³-hybridized carbons (Fsp3) is 0.294. The van der Waals surface area contributed by atoms with Gasteiger partial charge >= 0.3 is 17.6 Å². The number of aromatic amines is 2. The Morgan fingerprint density at radius 2 is 1.78 bits per heavy atom. The summed E-state index contributed by atoms with van der Waals surface area (Å²) in [5.74, 6) is -1.92. The molecule has 0 radical (unpaired) electrons. The fourth-order valence-electron chi connectivity index (χ4n) is 2.24. The predicted octanol–water partition coefficient (Wildman–Crippen LogP) is -0.729. The van der Waals surface area contributed by atoms with E-state index in [1.54, 1.807) is 24.3 Å². The molecule has 1 heterocycles. The Morgan fingerprint density at radius 3 is 2.33 bits per heavy atom. The maximum absolute atomic E-state index is 11.8. The Kier molecular flexibility index (Phi) is 8.63. The first kappa shape index (κ1) is 21.8. The lowest BCUT2D eigenvalue weighted by atomic mass is 9.99. The number of carboxylic acid groups (broad SMARTS) is 1. The van der Waals surface area contributed by atoms with E-state index in [-0.39, 0.29) is 25.0 Å². The van der Waals surface area contributed by atoms with E-state index in [1.807, 2.05) is 4.98 Å². The molecule has 0 fully saturated rings. The Balaban J connectivity index is 0.000000828. The van der Waals surface area contributed by atoms with Crippen LogP contribution in [0, 0.1) is 0 Å². The second-order valence-electron chi connectivity index (χ2n) is 5.23. The highest BCUT2D eigenvalue weighted by Gasteiger charge is 2.17. The Bertz CT molecular complexity index is 900. The first-order valence-corrected chi connectivity index (χ1v) is 7.91. The van der Waals surface area contributed by atoms with Crippen LogP contribution in [0.15, 0.2) is 33.9 Å². The monoisotopic (exact) mass is 379 g/mol. The second-order valence-corrected chi connectivity index (χ2v) is 5.23. The van der Waals surface area contributed by atoms with Crippen molar-refractivity contribution in [3.63, 3.8) is 0 Å². The first-order valence-electron chi connectivity index (χ1n) is 7.91. The summed E-state index contributed by atoms with van der Waals surface area (Å²) in [6, 6.07) is 6.66. The third kappa shape index (κ3) is 6.20. The van der Waals surface area contributed by atoms with E-state index in [2.05, 4.69) is 9.72 Å². The number of nitrogens with one attached hydrogen (secondary N) is 2. The molecule has 0 bridgehead atoms. The van der Waals surface area contributed by atoms with E-state index in [0.717, 1.165) is 0 Å². The molecular weight excluding hydrogens is 358 g/mol. The minimum absolute atomic E-state index is 0.0434. The molecule has 146 valence electrons. The molecule has 0 saturated carbocycles. The maximum Gasteiger partial charge on any atom is 0.352 e. The van der Waals surface area contributed by atoms with Crippen molar-refractivity contribution in [1.29, 1.82) is 0 Å². The van der Waals surface area contributed by atoms with Gasteiger partial charge in [-0.15, -0.1) is 0 Å². The molecule has 0 amide bonds. The summed E-state index contributed by atoms with van der Waals surface area (Å²) >= 11 is 0. The van der Waals surface area contributed by atoms with Crippen molar-refractivity contribution >= 4 is 11.9 Å². The van der Waals surface area contributed by atoms with Gasteiger partial charge in [0.15, 0.2) is 0 Å². The number of ether oxygens (including phenoxy) is 1. The zero-order valence-electron chi connectivity index (χ0n) is 14.7. The predicted molar refractivity (Wildman–Crippen MR) is 96.0 cm³/mol. The molecule has 6 N–H and O–H groups in total. The van der Waals surface area contributed by atoms with Crippen LogP contribution < -0.4 is 17.0 Å². The van der Waals surface area contributed by atoms with Crippen molar-refractivity contribution in [2.75, 3.05) is 20.3 Å².